The Morgan fingerprint density at radius 2 is 0.760 bits per heavy atom. The summed E-state index contributed by atoms with van der Waals surface area (Å²) < 4.78 is 11.5. The molecule has 6 aromatic carbocycles. The van der Waals surface area contributed by atoms with E-state index in [0.717, 1.165) is 33.4 Å². The molecule has 0 aliphatic heterocycles. The standard InChI is InChI=1S/C44H38N2O4/c1-31(33-21-25-37(26-22-33)35-13-5-3-6-14-35)29-43(47)49-41-19-11-9-17-39(41)45-46-40-18-10-12-20-42(40)50-44(48)30-32(2)34-23-27-38(28-24-34)36-15-7-4-8-16-36/h3-28,31-32H,29-30H2,1-2H3/t31-,32?/m1/s1. The van der Waals surface area contributed by atoms with Crippen LogP contribution in [-0.4, -0.2) is 11.9 Å². The van der Waals surface area contributed by atoms with Crippen LogP contribution in [0, 0.1) is 0 Å². The van der Waals surface area contributed by atoms with Crippen LogP contribution in [0.15, 0.2) is 168 Å². The van der Waals surface area contributed by atoms with Crippen LogP contribution in [0.5, 0.6) is 11.5 Å². The summed E-state index contributed by atoms with van der Waals surface area (Å²) in [6.45, 7) is 4.01. The Labute approximate surface area is 293 Å². The number of esters is 2. The van der Waals surface area contributed by atoms with Crippen LogP contribution in [-0.2, 0) is 9.59 Å². The molecule has 2 atom stereocenters. The molecule has 0 aliphatic rings. The highest BCUT2D eigenvalue weighted by Gasteiger charge is 2.17. The predicted molar refractivity (Wildman–Crippen MR) is 198 cm³/mol. The molecule has 0 fully saturated rings. The quantitative estimate of drug-likeness (QED) is 0.0745. The fourth-order valence-electron chi connectivity index (χ4n) is 5.69. The van der Waals surface area contributed by atoms with Crippen molar-refractivity contribution in [2.45, 2.75) is 38.5 Å². The van der Waals surface area contributed by atoms with E-state index in [2.05, 4.69) is 83.0 Å². The Balaban J connectivity index is 1.06. The lowest BCUT2D eigenvalue weighted by atomic mass is 9.95. The molecule has 6 aromatic rings. The van der Waals surface area contributed by atoms with Crippen molar-refractivity contribution in [3.05, 3.63) is 169 Å². The fraction of sp³-hybridized carbons (Fsp3) is 0.136. The van der Waals surface area contributed by atoms with E-state index in [1.165, 1.54) is 0 Å². The third kappa shape index (κ3) is 8.85. The van der Waals surface area contributed by atoms with E-state index in [1.807, 2.05) is 50.2 Å². The number of carbonyl (C=O) groups excluding carboxylic acids is 2. The van der Waals surface area contributed by atoms with E-state index in [-0.39, 0.29) is 36.6 Å². The molecular weight excluding hydrogens is 620 g/mol. The van der Waals surface area contributed by atoms with Crippen molar-refractivity contribution < 1.29 is 19.1 Å². The van der Waals surface area contributed by atoms with E-state index in [9.17, 15) is 9.59 Å². The molecule has 0 bridgehead atoms. The maximum absolute atomic E-state index is 13.0. The number of benzene rings is 6. The lowest BCUT2D eigenvalue weighted by Crippen LogP contribution is -2.11. The van der Waals surface area contributed by atoms with Crippen LogP contribution < -0.4 is 9.47 Å². The molecule has 0 spiro atoms. The molecule has 0 heterocycles. The van der Waals surface area contributed by atoms with Crippen LogP contribution >= 0.6 is 0 Å². The average Bonchev–Trinajstić information content (AvgIpc) is 3.15. The topological polar surface area (TPSA) is 77.3 Å². The van der Waals surface area contributed by atoms with Gasteiger partial charge < -0.3 is 9.47 Å². The fourth-order valence-corrected chi connectivity index (χ4v) is 5.69. The van der Waals surface area contributed by atoms with Crippen molar-refractivity contribution in [2.75, 3.05) is 0 Å². The predicted octanol–water partition coefficient (Wildman–Crippen LogP) is 11.6. The van der Waals surface area contributed by atoms with Gasteiger partial charge in [-0.3, -0.25) is 9.59 Å². The first-order valence-electron chi connectivity index (χ1n) is 16.7. The van der Waals surface area contributed by atoms with Gasteiger partial charge in [-0.05, 0) is 69.5 Å². The summed E-state index contributed by atoms with van der Waals surface area (Å²) in [5.41, 5.74) is 7.41. The van der Waals surface area contributed by atoms with Gasteiger partial charge in [-0.2, -0.15) is 0 Å². The molecule has 0 radical (unpaired) electrons. The second-order valence-corrected chi connectivity index (χ2v) is 12.3. The van der Waals surface area contributed by atoms with Crippen LogP contribution in [0.4, 0.5) is 11.4 Å². The molecule has 6 nitrogen and oxygen atoms in total. The monoisotopic (exact) mass is 658 g/mol. The number of hydrogen-bond acceptors (Lipinski definition) is 6. The lowest BCUT2D eigenvalue weighted by molar-refractivity contribution is -0.135. The third-order valence-electron chi connectivity index (χ3n) is 8.56. The Kier molecular flexibility index (Phi) is 11.0. The van der Waals surface area contributed by atoms with Gasteiger partial charge in [0.2, 0.25) is 0 Å². The minimum absolute atomic E-state index is 0.0426. The molecular formula is C44H38N2O4. The van der Waals surface area contributed by atoms with Crippen LogP contribution in [0.1, 0.15) is 49.7 Å². The summed E-state index contributed by atoms with van der Waals surface area (Å²) in [5.74, 6) is -0.224. The summed E-state index contributed by atoms with van der Waals surface area (Å²) in [4.78, 5) is 26.0. The number of para-hydroxylation sites is 2. The molecule has 0 saturated heterocycles. The SMILES string of the molecule is CC(CC(=O)Oc1ccccc1N=Nc1ccccc1OC(=O)C[C@@H](C)c1ccc(-c2ccccc2)cc1)c1ccc(-c2ccccc2)cc1. The van der Waals surface area contributed by atoms with E-state index >= 15 is 0 Å². The first-order chi connectivity index (χ1) is 24.4. The first-order valence-corrected chi connectivity index (χ1v) is 16.7. The van der Waals surface area contributed by atoms with Crippen molar-refractivity contribution in [1.29, 1.82) is 0 Å². The average molecular weight is 659 g/mol. The van der Waals surface area contributed by atoms with E-state index in [4.69, 9.17) is 9.47 Å². The van der Waals surface area contributed by atoms with Gasteiger partial charge in [-0.1, -0.05) is 147 Å². The number of azo groups is 1. The summed E-state index contributed by atoms with van der Waals surface area (Å²) in [5, 5.41) is 8.74. The molecule has 248 valence electrons. The van der Waals surface area contributed by atoms with Gasteiger partial charge in [0.1, 0.15) is 11.4 Å². The van der Waals surface area contributed by atoms with Gasteiger partial charge in [-0.25, -0.2) is 0 Å². The van der Waals surface area contributed by atoms with E-state index in [1.54, 1.807) is 48.5 Å². The van der Waals surface area contributed by atoms with Gasteiger partial charge in [0.25, 0.3) is 0 Å². The Bertz CT molecular complexity index is 1910. The van der Waals surface area contributed by atoms with Crippen molar-refractivity contribution in [3.8, 4) is 33.8 Å². The Morgan fingerprint density at radius 3 is 1.14 bits per heavy atom. The smallest absolute Gasteiger partial charge is 0.311 e. The molecule has 1 unspecified atom stereocenters. The number of carbonyl (C=O) groups is 2. The number of nitrogens with zero attached hydrogens (tertiary/aromatic N) is 2. The summed E-state index contributed by atoms with van der Waals surface area (Å²) >= 11 is 0. The lowest BCUT2D eigenvalue weighted by Gasteiger charge is -2.13. The molecule has 50 heavy (non-hydrogen) atoms. The molecule has 0 aromatic heterocycles. The second kappa shape index (κ2) is 16.3. The van der Waals surface area contributed by atoms with E-state index < -0.39 is 0 Å². The minimum Gasteiger partial charge on any atom is -0.424 e. The van der Waals surface area contributed by atoms with Crippen LogP contribution in [0.25, 0.3) is 22.3 Å². The zero-order valence-electron chi connectivity index (χ0n) is 28.1. The molecule has 6 heteroatoms. The molecule has 0 aliphatic carbocycles. The zero-order chi connectivity index (χ0) is 34.7. The van der Waals surface area contributed by atoms with Gasteiger partial charge in [-0.15, -0.1) is 10.2 Å². The first kappa shape index (κ1) is 33.7. The minimum atomic E-state index is -0.370. The van der Waals surface area contributed by atoms with Crippen LogP contribution in [0.3, 0.4) is 0 Å². The summed E-state index contributed by atoms with van der Waals surface area (Å²) in [6, 6.07) is 50.8. The molecule has 6 rings (SSSR count). The Hall–Kier alpha value is -6.14. The largest absolute Gasteiger partial charge is 0.424 e. The molecule has 0 N–H and O–H groups in total. The maximum Gasteiger partial charge on any atom is 0.311 e. The number of hydrogen-bond donors (Lipinski definition) is 0. The summed E-state index contributed by atoms with van der Waals surface area (Å²) in [6.07, 6.45) is 0.398. The van der Waals surface area contributed by atoms with Crippen molar-refractivity contribution >= 4 is 23.3 Å². The highest BCUT2D eigenvalue weighted by molar-refractivity contribution is 5.76. The van der Waals surface area contributed by atoms with Gasteiger partial charge in [0.05, 0.1) is 12.8 Å². The van der Waals surface area contributed by atoms with Crippen molar-refractivity contribution in [3.63, 3.8) is 0 Å². The molecule has 0 saturated carbocycles. The van der Waals surface area contributed by atoms with Crippen molar-refractivity contribution in [2.24, 2.45) is 10.2 Å². The third-order valence-corrected chi connectivity index (χ3v) is 8.56. The summed E-state index contributed by atoms with van der Waals surface area (Å²) in [7, 11) is 0. The van der Waals surface area contributed by atoms with Crippen molar-refractivity contribution in [1.82, 2.24) is 0 Å². The van der Waals surface area contributed by atoms with E-state index in [0.29, 0.717) is 22.9 Å². The number of rotatable bonds is 12. The normalized spacial score (nSPS) is 12.3. The van der Waals surface area contributed by atoms with Gasteiger partial charge >= 0.3 is 11.9 Å². The highest BCUT2D eigenvalue weighted by Crippen LogP contribution is 2.34. The second-order valence-electron chi connectivity index (χ2n) is 12.3. The zero-order valence-corrected chi connectivity index (χ0v) is 28.1. The van der Waals surface area contributed by atoms with Gasteiger partial charge in [0, 0.05) is 0 Å². The highest BCUT2D eigenvalue weighted by atomic mass is 16.5. The van der Waals surface area contributed by atoms with Crippen LogP contribution in [0.2, 0.25) is 0 Å². The maximum atomic E-state index is 13.0. The van der Waals surface area contributed by atoms with Gasteiger partial charge in [0.15, 0.2) is 11.5 Å². The molecule has 0 amide bonds. The Morgan fingerprint density at radius 1 is 0.440 bits per heavy atom. The number of ether oxygens (including phenoxy) is 2.